The minimum absolute atomic E-state index is 0.0888. The Hall–Kier alpha value is -2.82. The van der Waals surface area contributed by atoms with E-state index in [-0.39, 0.29) is 25.0 Å². The summed E-state index contributed by atoms with van der Waals surface area (Å²) in [5, 5.41) is 5.42. The van der Waals surface area contributed by atoms with Crippen molar-refractivity contribution in [2.75, 3.05) is 18.5 Å². The third-order valence-corrected chi connectivity index (χ3v) is 3.56. The SMILES string of the molecule is CCc1cccc(C)c1NC(=O)CNC(=O)COc1ccccc1. The molecule has 2 N–H and O–H groups in total. The predicted molar refractivity (Wildman–Crippen MR) is 94.1 cm³/mol. The van der Waals surface area contributed by atoms with Crippen molar-refractivity contribution in [1.82, 2.24) is 5.32 Å². The van der Waals surface area contributed by atoms with E-state index in [0.29, 0.717) is 5.75 Å². The Morgan fingerprint density at radius 2 is 1.75 bits per heavy atom. The van der Waals surface area contributed by atoms with Crippen LogP contribution in [-0.4, -0.2) is 25.0 Å². The summed E-state index contributed by atoms with van der Waals surface area (Å²) in [6.07, 6.45) is 0.828. The van der Waals surface area contributed by atoms with E-state index < -0.39 is 0 Å². The maximum atomic E-state index is 12.0. The molecule has 2 aromatic carbocycles. The summed E-state index contributed by atoms with van der Waals surface area (Å²) < 4.78 is 5.33. The average Bonchev–Trinajstić information content (AvgIpc) is 2.60. The van der Waals surface area contributed by atoms with Crippen molar-refractivity contribution in [3.8, 4) is 5.75 Å². The number of carbonyl (C=O) groups is 2. The molecule has 126 valence electrons. The van der Waals surface area contributed by atoms with Crippen LogP contribution < -0.4 is 15.4 Å². The number of ether oxygens (including phenoxy) is 1. The Labute approximate surface area is 142 Å². The first-order valence-corrected chi connectivity index (χ1v) is 7.93. The molecule has 5 heteroatoms. The molecule has 0 saturated carbocycles. The molecule has 0 saturated heterocycles. The smallest absolute Gasteiger partial charge is 0.258 e. The number of benzene rings is 2. The van der Waals surface area contributed by atoms with Crippen LogP contribution in [0.4, 0.5) is 5.69 Å². The standard InChI is InChI=1S/C19H22N2O3/c1-3-15-9-7-8-14(2)19(15)21-17(22)12-20-18(23)13-24-16-10-5-4-6-11-16/h4-11H,3,12-13H2,1-2H3,(H,20,23)(H,21,22). The highest BCUT2D eigenvalue weighted by molar-refractivity contribution is 5.95. The molecule has 0 bridgehead atoms. The molecule has 0 radical (unpaired) electrons. The van der Waals surface area contributed by atoms with Crippen LogP contribution in [-0.2, 0) is 16.0 Å². The number of para-hydroxylation sites is 2. The molecule has 2 amide bonds. The topological polar surface area (TPSA) is 67.4 Å². The van der Waals surface area contributed by atoms with Gasteiger partial charge in [0.15, 0.2) is 6.61 Å². The van der Waals surface area contributed by atoms with Crippen LogP contribution in [0.15, 0.2) is 48.5 Å². The maximum Gasteiger partial charge on any atom is 0.258 e. The maximum absolute atomic E-state index is 12.0. The molecule has 0 aromatic heterocycles. The molecule has 5 nitrogen and oxygen atoms in total. The quantitative estimate of drug-likeness (QED) is 0.822. The number of rotatable bonds is 7. The van der Waals surface area contributed by atoms with Gasteiger partial charge in [-0.3, -0.25) is 9.59 Å². The van der Waals surface area contributed by atoms with Gasteiger partial charge in [-0.25, -0.2) is 0 Å². The van der Waals surface area contributed by atoms with Crippen molar-refractivity contribution in [1.29, 1.82) is 0 Å². The second kappa shape index (κ2) is 8.72. The second-order valence-corrected chi connectivity index (χ2v) is 5.39. The normalized spacial score (nSPS) is 10.1. The van der Waals surface area contributed by atoms with Gasteiger partial charge in [-0.05, 0) is 36.6 Å². The van der Waals surface area contributed by atoms with E-state index in [2.05, 4.69) is 10.6 Å². The van der Waals surface area contributed by atoms with Gasteiger partial charge in [0.2, 0.25) is 5.91 Å². The van der Waals surface area contributed by atoms with E-state index >= 15 is 0 Å². The van der Waals surface area contributed by atoms with Crippen molar-refractivity contribution >= 4 is 17.5 Å². The van der Waals surface area contributed by atoms with Crippen LogP contribution in [0.25, 0.3) is 0 Å². The Kier molecular flexibility index (Phi) is 6.37. The molecule has 0 aliphatic rings. The lowest BCUT2D eigenvalue weighted by Crippen LogP contribution is -2.36. The molecule has 0 aliphatic heterocycles. The first-order valence-electron chi connectivity index (χ1n) is 7.93. The Bertz CT molecular complexity index is 699. The van der Waals surface area contributed by atoms with Gasteiger partial charge < -0.3 is 15.4 Å². The molecule has 2 aromatic rings. The van der Waals surface area contributed by atoms with Crippen molar-refractivity contribution < 1.29 is 14.3 Å². The van der Waals surface area contributed by atoms with Gasteiger partial charge in [0.1, 0.15) is 5.75 Å². The fourth-order valence-corrected chi connectivity index (χ4v) is 2.28. The molecule has 0 spiro atoms. The zero-order chi connectivity index (χ0) is 17.4. The summed E-state index contributed by atoms with van der Waals surface area (Å²) in [7, 11) is 0. The van der Waals surface area contributed by atoms with Crippen LogP contribution >= 0.6 is 0 Å². The molecule has 0 unspecified atom stereocenters. The molecular formula is C19H22N2O3. The van der Waals surface area contributed by atoms with Crippen molar-refractivity contribution in [2.45, 2.75) is 20.3 Å². The van der Waals surface area contributed by atoms with Gasteiger partial charge in [0.05, 0.1) is 6.54 Å². The van der Waals surface area contributed by atoms with Crippen LogP contribution in [0.3, 0.4) is 0 Å². The summed E-state index contributed by atoms with van der Waals surface area (Å²) in [6.45, 7) is 3.77. The summed E-state index contributed by atoms with van der Waals surface area (Å²) in [4.78, 5) is 23.8. The number of amides is 2. The monoisotopic (exact) mass is 326 g/mol. The van der Waals surface area contributed by atoms with Crippen LogP contribution in [0.2, 0.25) is 0 Å². The van der Waals surface area contributed by atoms with Gasteiger partial charge in [-0.2, -0.15) is 0 Å². The molecule has 2 rings (SSSR count). The number of nitrogens with one attached hydrogen (secondary N) is 2. The zero-order valence-electron chi connectivity index (χ0n) is 14.0. The van der Waals surface area contributed by atoms with E-state index in [1.165, 1.54) is 0 Å². The van der Waals surface area contributed by atoms with Gasteiger partial charge in [0, 0.05) is 5.69 Å². The molecule has 0 aliphatic carbocycles. The lowest BCUT2D eigenvalue weighted by Gasteiger charge is -2.13. The highest BCUT2D eigenvalue weighted by Crippen LogP contribution is 2.20. The molecule has 0 fully saturated rings. The number of aryl methyl sites for hydroxylation is 2. The minimum Gasteiger partial charge on any atom is -0.484 e. The van der Waals surface area contributed by atoms with Crippen molar-refractivity contribution in [3.05, 3.63) is 59.7 Å². The number of hydrogen-bond donors (Lipinski definition) is 2. The Morgan fingerprint density at radius 1 is 1.00 bits per heavy atom. The third kappa shape index (κ3) is 5.12. The average molecular weight is 326 g/mol. The van der Waals surface area contributed by atoms with E-state index in [9.17, 15) is 9.59 Å². The zero-order valence-corrected chi connectivity index (χ0v) is 14.0. The molecular weight excluding hydrogens is 304 g/mol. The van der Waals surface area contributed by atoms with E-state index in [0.717, 1.165) is 23.2 Å². The first kappa shape index (κ1) is 17.5. The minimum atomic E-state index is -0.338. The second-order valence-electron chi connectivity index (χ2n) is 5.39. The van der Waals surface area contributed by atoms with Crippen molar-refractivity contribution in [3.63, 3.8) is 0 Å². The van der Waals surface area contributed by atoms with Gasteiger partial charge in [0.25, 0.3) is 5.91 Å². The fraction of sp³-hybridized carbons (Fsp3) is 0.263. The lowest BCUT2D eigenvalue weighted by molar-refractivity contribution is -0.125. The van der Waals surface area contributed by atoms with Gasteiger partial charge in [-0.1, -0.05) is 43.3 Å². The van der Waals surface area contributed by atoms with Crippen LogP contribution in [0.5, 0.6) is 5.75 Å². The molecule has 0 heterocycles. The first-order chi connectivity index (χ1) is 11.6. The highest BCUT2D eigenvalue weighted by atomic mass is 16.5. The predicted octanol–water partition coefficient (Wildman–Crippen LogP) is 2.69. The summed E-state index contributed by atoms with van der Waals surface area (Å²) in [5.74, 6) is 0.0196. The fourth-order valence-electron chi connectivity index (χ4n) is 2.28. The summed E-state index contributed by atoms with van der Waals surface area (Å²) in [6, 6.07) is 15.0. The van der Waals surface area contributed by atoms with Gasteiger partial charge >= 0.3 is 0 Å². The number of anilines is 1. The molecule has 0 atom stereocenters. The Morgan fingerprint density at radius 3 is 2.46 bits per heavy atom. The van der Waals surface area contributed by atoms with E-state index in [1.54, 1.807) is 12.1 Å². The van der Waals surface area contributed by atoms with Crippen LogP contribution in [0, 0.1) is 6.92 Å². The highest BCUT2D eigenvalue weighted by Gasteiger charge is 2.10. The van der Waals surface area contributed by atoms with E-state index in [1.807, 2.05) is 50.2 Å². The van der Waals surface area contributed by atoms with Gasteiger partial charge in [-0.15, -0.1) is 0 Å². The summed E-state index contributed by atoms with van der Waals surface area (Å²) in [5.41, 5.74) is 2.89. The van der Waals surface area contributed by atoms with Crippen molar-refractivity contribution in [2.24, 2.45) is 0 Å². The Balaban J connectivity index is 1.80. The van der Waals surface area contributed by atoms with E-state index in [4.69, 9.17) is 4.74 Å². The largest absolute Gasteiger partial charge is 0.484 e. The third-order valence-electron chi connectivity index (χ3n) is 3.56. The summed E-state index contributed by atoms with van der Waals surface area (Å²) >= 11 is 0. The number of hydrogen-bond acceptors (Lipinski definition) is 3. The van der Waals surface area contributed by atoms with Crippen LogP contribution in [0.1, 0.15) is 18.1 Å². The number of carbonyl (C=O) groups excluding carboxylic acids is 2. The lowest BCUT2D eigenvalue weighted by atomic mass is 10.1. The molecule has 24 heavy (non-hydrogen) atoms.